The van der Waals surface area contributed by atoms with E-state index in [0.717, 1.165) is 15.4 Å². The number of benzene rings is 3. The lowest BCUT2D eigenvalue weighted by molar-refractivity contribution is -0.139. The minimum atomic E-state index is -4.29. The van der Waals surface area contributed by atoms with Crippen molar-refractivity contribution in [2.45, 2.75) is 51.2 Å². The molecule has 3 aromatic carbocycles. The molecule has 0 saturated heterocycles. The summed E-state index contributed by atoms with van der Waals surface area (Å²) in [5.74, 6) is -0.329. The lowest BCUT2D eigenvalue weighted by Gasteiger charge is -2.32. The second-order valence-electron chi connectivity index (χ2n) is 9.85. The Balaban J connectivity index is 2.07. The minimum absolute atomic E-state index is 0.103. The van der Waals surface area contributed by atoms with Crippen LogP contribution in [0.15, 0.2) is 71.6 Å². The van der Waals surface area contributed by atoms with Crippen molar-refractivity contribution in [2.24, 2.45) is 0 Å². The van der Waals surface area contributed by atoms with Gasteiger partial charge in [-0.25, -0.2) is 8.42 Å². The van der Waals surface area contributed by atoms with E-state index in [1.807, 2.05) is 45.0 Å². The van der Waals surface area contributed by atoms with E-state index >= 15 is 0 Å². The Morgan fingerprint density at radius 2 is 1.59 bits per heavy atom. The Labute approximate surface area is 247 Å². The number of hydrogen-bond acceptors (Lipinski definition) is 6. The van der Waals surface area contributed by atoms with Gasteiger partial charge in [-0.2, -0.15) is 0 Å². The maximum atomic E-state index is 14.0. The van der Waals surface area contributed by atoms with Crippen LogP contribution in [0.4, 0.5) is 5.69 Å². The van der Waals surface area contributed by atoms with Gasteiger partial charge in [0, 0.05) is 23.7 Å². The third-order valence-corrected chi connectivity index (χ3v) is 8.39. The molecule has 0 unspecified atom stereocenters. The summed E-state index contributed by atoms with van der Waals surface area (Å²) in [6.07, 6.45) is 0. The highest BCUT2D eigenvalue weighted by molar-refractivity contribution is 7.92. The van der Waals surface area contributed by atoms with Gasteiger partial charge in [0.15, 0.2) is 11.5 Å². The fourth-order valence-electron chi connectivity index (χ4n) is 4.24. The van der Waals surface area contributed by atoms with Crippen LogP contribution >= 0.6 is 11.6 Å². The molecule has 2 amide bonds. The number of ether oxygens (including phenoxy) is 2. The maximum absolute atomic E-state index is 14.0. The Morgan fingerprint density at radius 1 is 0.927 bits per heavy atom. The number of carbonyl (C=O) groups excluding carboxylic acids is 2. The Kier molecular flexibility index (Phi) is 10.6. The standard InChI is InChI=1S/C30H36ClN3O6S/c1-20(2)32-30(36)22(4)33(18-23-9-7-8-21(3)16-23)29(35)19-34(25-12-10-24(31)11-13-25)41(37,38)26-14-15-27(39-5)28(17-26)40-6/h7-17,20,22H,18-19H2,1-6H3,(H,32,36)/t22-/m0/s1. The molecule has 220 valence electrons. The number of rotatable bonds is 12. The molecule has 9 nitrogen and oxygen atoms in total. The molecule has 0 aliphatic heterocycles. The quantitative estimate of drug-likeness (QED) is 0.320. The first-order valence-electron chi connectivity index (χ1n) is 13.0. The van der Waals surface area contributed by atoms with Gasteiger partial charge in [0.2, 0.25) is 11.8 Å². The predicted molar refractivity (Wildman–Crippen MR) is 160 cm³/mol. The molecular weight excluding hydrogens is 566 g/mol. The van der Waals surface area contributed by atoms with Crippen molar-refractivity contribution >= 4 is 39.1 Å². The predicted octanol–water partition coefficient (Wildman–Crippen LogP) is 4.80. The fraction of sp³-hybridized carbons (Fsp3) is 0.333. The van der Waals surface area contributed by atoms with Gasteiger partial charge in [-0.1, -0.05) is 41.4 Å². The molecule has 0 bridgehead atoms. The van der Waals surface area contributed by atoms with Crippen LogP contribution in [0.1, 0.15) is 31.9 Å². The zero-order chi connectivity index (χ0) is 30.3. The van der Waals surface area contributed by atoms with E-state index in [1.165, 1.54) is 49.5 Å². The van der Waals surface area contributed by atoms with Gasteiger partial charge >= 0.3 is 0 Å². The highest BCUT2D eigenvalue weighted by Crippen LogP contribution is 2.32. The van der Waals surface area contributed by atoms with Gasteiger partial charge in [0.05, 0.1) is 24.8 Å². The number of anilines is 1. The second-order valence-corrected chi connectivity index (χ2v) is 12.2. The van der Waals surface area contributed by atoms with Gasteiger partial charge in [0.1, 0.15) is 12.6 Å². The number of halogens is 1. The molecule has 1 N–H and O–H groups in total. The van der Waals surface area contributed by atoms with Crippen LogP contribution in [0.3, 0.4) is 0 Å². The van der Waals surface area contributed by atoms with Crippen molar-refractivity contribution in [1.29, 1.82) is 0 Å². The molecule has 41 heavy (non-hydrogen) atoms. The van der Waals surface area contributed by atoms with Crippen molar-refractivity contribution < 1.29 is 27.5 Å². The highest BCUT2D eigenvalue weighted by atomic mass is 35.5. The first-order valence-corrected chi connectivity index (χ1v) is 14.8. The van der Waals surface area contributed by atoms with E-state index in [2.05, 4.69) is 5.32 Å². The van der Waals surface area contributed by atoms with Crippen LogP contribution in [-0.4, -0.2) is 58.0 Å². The lowest BCUT2D eigenvalue weighted by Crippen LogP contribution is -2.52. The lowest BCUT2D eigenvalue weighted by atomic mass is 10.1. The van der Waals surface area contributed by atoms with Crippen LogP contribution in [-0.2, 0) is 26.2 Å². The van der Waals surface area contributed by atoms with Gasteiger partial charge in [-0.15, -0.1) is 0 Å². The Hall–Kier alpha value is -3.76. The van der Waals surface area contributed by atoms with Gasteiger partial charge in [0.25, 0.3) is 10.0 Å². The first-order chi connectivity index (χ1) is 19.4. The molecule has 0 aliphatic carbocycles. The van der Waals surface area contributed by atoms with Crippen molar-refractivity contribution in [3.63, 3.8) is 0 Å². The summed E-state index contributed by atoms with van der Waals surface area (Å²) in [6.45, 7) is 6.76. The zero-order valence-corrected chi connectivity index (χ0v) is 25.6. The molecule has 0 saturated carbocycles. The minimum Gasteiger partial charge on any atom is -0.493 e. The van der Waals surface area contributed by atoms with Gasteiger partial charge in [-0.3, -0.25) is 13.9 Å². The van der Waals surface area contributed by atoms with Crippen LogP contribution in [0, 0.1) is 6.92 Å². The summed E-state index contributed by atoms with van der Waals surface area (Å²) in [7, 11) is -1.44. The van der Waals surface area contributed by atoms with Gasteiger partial charge < -0.3 is 19.7 Å². The van der Waals surface area contributed by atoms with E-state index in [1.54, 1.807) is 19.1 Å². The number of sulfonamides is 1. The van der Waals surface area contributed by atoms with E-state index in [0.29, 0.717) is 10.8 Å². The largest absolute Gasteiger partial charge is 0.493 e. The number of carbonyl (C=O) groups is 2. The molecule has 0 spiro atoms. The van der Waals surface area contributed by atoms with E-state index in [-0.39, 0.29) is 34.8 Å². The SMILES string of the molecule is COc1ccc(S(=O)(=O)N(CC(=O)N(Cc2cccc(C)c2)[C@@H](C)C(=O)NC(C)C)c2ccc(Cl)cc2)cc1OC. The normalized spacial score (nSPS) is 12.0. The summed E-state index contributed by atoms with van der Waals surface area (Å²) in [5.41, 5.74) is 2.03. The number of nitrogens with one attached hydrogen (secondary N) is 1. The molecular formula is C30H36ClN3O6S. The van der Waals surface area contributed by atoms with Crippen LogP contribution < -0.4 is 19.1 Å². The number of nitrogens with zero attached hydrogens (tertiary/aromatic N) is 2. The summed E-state index contributed by atoms with van der Waals surface area (Å²) < 4.78 is 39.7. The highest BCUT2D eigenvalue weighted by Gasteiger charge is 2.33. The third kappa shape index (κ3) is 7.92. The Bertz CT molecular complexity index is 1480. The molecule has 3 rings (SSSR count). The van der Waals surface area contributed by atoms with Crippen LogP contribution in [0.25, 0.3) is 0 Å². The fourth-order valence-corrected chi connectivity index (χ4v) is 5.79. The Morgan fingerprint density at radius 3 is 2.17 bits per heavy atom. The molecule has 1 atom stereocenters. The number of amides is 2. The molecule has 0 aliphatic rings. The summed E-state index contributed by atoms with van der Waals surface area (Å²) >= 11 is 6.08. The molecule has 11 heteroatoms. The molecule has 0 heterocycles. The van der Waals surface area contributed by atoms with Crippen molar-refractivity contribution in [1.82, 2.24) is 10.2 Å². The van der Waals surface area contributed by atoms with Crippen molar-refractivity contribution in [3.8, 4) is 11.5 Å². The monoisotopic (exact) mass is 601 g/mol. The number of hydrogen-bond donors (Lipinski definition) is 1. The maximum Gasteiger partial charge on any atom is 0.264 e. The van der Waals surface area contributed by atoms with Gasteiger partial charge in [-0.05, 0) is 69.7 Å². The number of aryl methyl sites for hydroxylation is 1. The summed E-state index contributed by atoms with van der Waals surface area (Å²) in [6, 6.07) is 16.9. The average molecular weight is 602 g/mol. The first kappa shape index (κ1) is 31.8. The van der Waals surface area contributed by atoms with Crippen LogP contribution in [0.5, 0.6) is 11.5 Å². The molecule has 0 aromatic heterocycles. The van der Waals surface area contributed by atoms with E-state index in [4.69, 9.17) is 21.1 Å². The van der Waals surface area contributed by atoms with Crippen molar-refractivity contribution in [2.75, 3.05) is 25.1 Å². The summed E-state index contributed by atoms with van der Waals surface area (Å²) in [4.78, 5) is 28.3. The summed E-state index contributed by atoms with van der Waals surface area (Å²) in [5, 5.41) is 3.25. The van der Waals surface area contributed by atoms with E-state index < -0.39 is 28.5 Å². The number of methoxy groups -OCH3 is 2. The molecule has 0 fully saturated rings. The van der Waals surface area contributed by atoms with Crippen molar-refractivity contribution in [3.05, 3.63) is 82.9 Å². The smallest absolute Gasteiger partial charge is 0.264 e. The zero-order valence-electron chi connectivity index (χ0n) is 24.0. The third-order valence-electron chi connectivity index (χ3n) is 6.37. The average Bonchev–Trinajstić information content (AvgIpc) is 2.93. The van der Waals surface area contributed by atoms with Crippen LogP contribution in [0.2, 0.25) is 5.02 Å². The second kappa shape index (κ2) is 13.7. The molecule has 3 aromatic rings. The molecule has 0 radical (unpaired) electrons. The topological polar surface area (TPSA) is 105 Å². The van der Waals surface area contributed by atoms with E-state index in [9.17, 15) is 18.0 Å².